The molecule has 0 aliphatic heterocycles. The highest BCUT2D eigenvalue weighted by Crippen LogP contribution is 2.09. The van der Waals surface area contributed by atoms with Crippen LogP contribution < -0.4 is 5.09 Å². The summed E-state index contributed by atoms with van der Waals surface area (Å²) in [4.78, 5) is 27.0. The van der Waals surface area contributed by atoms with Crippen LogP contribution in [-0.2, 0) is 11.1 Å². The van der Waals surface area contributed by atoms with Gasteiger partial charge in [0.2, 0.25) is 5.78 Å². The Bertz CT molecular complexity index is 596. The molecule has 0 saturated carbocycles. The lowest BCUT2D eigenvalue weighted by Crippen LogP contribution is -2.04. The Hall–Kier alpha value is -1.89. The van der Waals surface area contributed by atoms with Crippen molar-refractivity contribution in [2.45, 2.75) is 6.54 Å². The van der Waals surface area contributed by atoms with Crippen LogP contribution >= 0.6 is 8.18 Å². The molecule has 0 aliphatic rings. The van der Waals surface area contributed by atoms with Gasteiger partial charge in [-0.15, -0.1) is 4.89 Å². The fourth-order valence-corrected chi connectivity index (χ4v) is 1.60. The van der Waals surface area contributed by atoms with E-state index in [9.17, 15) is 9.36 Å². The molecule has 88 valence electrons. The van der Waals surface area contributed by atoms with Crippen LogP contribution in [-0.4, -0.2) is 30.3 Å². The van der Waals surface area contributed by atoms with E-state index in [0.29, 0.717) is 5.56 Å². The number of rotatable bonds is 4. The van der Waals surface area contributed by atoms with Crippen molar-refractivity contribution in [3.8, 4) is 0 Å². The van der Waals surface area contributed by atoms with E-state index in [1.165, 1.54) is 16.8 Å². The maximum Gasteiger partial charge on any atom is 0.610 e. The summed E-state index contributed by atoms with van der Waals surface area (Å²) in [5, 5.41) is 11.1. The van der Waals surface area contributed by atoms with Gasteiger partial charge in [0.05, 0.1) is 6.54 Å². The topological polar surface area (TPSA) is 117 Å². The number of imidazole rings is 1. The lowest BCUT2D eigenvalue weighted by atomic mass is 10.3. The molecule has 0 amide bonds. The van der Waals surface area contributed by atoms with Crippen molar-refractivity contribution in [2.24, 2.45) is 0 Å². The second-order valence-electron chi connectivity index (χ2n) is 3.21. The molecule has 1 atom stereocenters. The molecule has 0 bridgehead atoms. The summed E-state index contributed by atoms with van der Waals surface area (Å²) in [5.74, 6) is -0.867. The first-order valence-corrected chi connectivity index (χ1v) is 5.74. The van der Waals surface area contributed by atoms with Crippen LogP contribution in [0.5, 0.6) is 0 Å². The quantitative estimate of drug-likeness (QED) is 0.666. The maximum atomic E-state index is 10.7. The van der Waals surface area contributed by atoms with Crippen molar-refractivity contribution in [1.82, 2.24) is 19.5 Å². The molecular formula is C8H8N4O4P+. The number of nitrogens with one attached hydrogen (secondary N) is 1. The second kappa shape index (κ2) is 4.54. The number of aromatic carboxylic acids is 1. The highest BCUT2D eigenvalue weighted by Gasteiger charge is 2.12. The van der Waals surface area contributed by atoms with E-state index in [1.54, 1.807) is 6.20 Å². The Kier molecular flexibility index (Phi) is 3.10. The van der Waals surface area contributed by atoms with Crippen LogP contribution in [0.1, 0.15) is 16.1 Å². The van der Waals surface area contributed by atoms with Crippen molar-refractivity contribution >= 4 is 19.9 Å². The predicted molar refractivity (Wildman–Crippen MR) is 56.6 cm³/mol. The number of carbonyl (C=O) groups is 1. The van der Waals surface area contributed by atoms with Crippen molar-refractivity contribution in [2.75, 3.05) is 0 Å². The summed E-state index contributed by atoms with van der Waals surface area (Å²) in [5.41, 5.74) is 0.542. The molecule has 2 heterocycles. The van der Waals surface area contributed by atoms with Crippen molar-refractivity contribution < 1.29 is 19.4 Å². The second-order valence-corrected chi connectivity index (χ2v) is 4.07. The summed E-state index contributed by atoms with van der Waals surface area (Å²) in [6, 6.07) is 0. The summed E-state index contributed by atoms with van der Waals surface area (Å²) in [6.45, 7) is 0.162. The van der Waals surface area contributed by atoms with Crippen molar-refractivity contribution in [3.63, 3.8) is 0 Å². The summed E-state index contributed by atoms with van der Waals surface area (Å²) >= 11 is 0. The highest BCUT2D eigenvalue weighted by molar-refractivity contribution is 7.35. The molecule has 3 N–H and O–H groups in total. The summed E-state index contributed by atoms with van der Waals surface area (Å²) in [6.07, 6.45) is 4.38. The fourth-order valence-electron chi connectivity index (χ4n) is 1.28. The first-order valence-electron chi connectivity index (χ1n) is 4.53. The SMILES string of the molecule is O=C(O)c1cn2cc(CN[P+](=O)O)cnc2n1. The minimum atomic E-state index is -2.42. The number of hydrogen-bond donors (Lipinski definition) is 3. The van der Waals surface area contributed by atoms with E-state index in [1.807, 2.05) is 0 Å². The Labute approximate surface area is 95.9 Å². The lowest BCUT2D eigenvalue weighted by Gasteiger charge is -1.96. The van der Waals surface area contributed by atoms with Gasteiger partial charge in [0.25, 0.3) is 0 Å². The average molecular weight is 255 g/mol. The normalized spacial score (nSPS) is 11.7. The number of carboxylic acids is 1. The van der Waals surface area contributed by atoms with E-state index in [2.05, 4.69) is 15.1 Å². The van der Waals surface area contributed by atoms with Gasteiger partial charge < -0.3 is 5.11 Å². The summed E-state index contributed by atoms with van der Waals surface area (Å²) < 4.78 is 11.9. The zero-order valence-corrected chi connectivity index (χ0v) is 9.33. The van der Waals surface area contributed by atoms with Gasteiger partial charge in [0.1, 0.15) is 0 Å². The molecule has 8 nitrogen and oxygen atoms in total. The van der Waals surface area contributed by atoms with Crippen molar-refractivity contribution in [1.29, 1.82) is 0 Å². The molecule has 1 unspecified atom stereocenters. The zero-order chi connectivity index (χ0) is 12.4. The zero-order valence-electron chi connectivity index (χ0n) is 8.44. The maximum absolute atomic E-state index is 10.7. The van der Waals surface area contributed by atoms with E-state index in [0.717, 1.165) is 0 Å². The number of hydrogen-bond acceptors (Lipinski definition) is 4. The minimum Gasteiger partial charge on any atom is -0.476 e. The van der Waals surface area contributed by atoms with Crippen LogP contribution in [0.3, 0.4) is 0 Å². The first-order chi connectivity index (χ1) is 8.06. The third-order valence-electron chi connectivity index (χ3n) is 2.00. The molecule has 2 aromatic heterocycles. The molecule has 0 spiro atoms. The first kappa shape index (κ1) is 11.6. The van der Waals surface area contributed by atoms with Crippen LogP contribution in [0, 0.1) is 0 Å². The largest absolute Gasteiger partial charge is 0.610 e. The summed E-state index contributed by atoms with van der Waals surface area (Å²) in [7, 11) is -2.42. The van der Waals surface area contributed by atoms with Crippen molar-refractivity contribution in [3.05, 3.63) is 29.8 Å². The van der Waals surface area contributed by atoms with E-state index in [4.69, 9.17) is 10.00 Å². The van der Waals surface area contributed by atoms with Gasteiger partial charge in [-0.3, -0.25) is 4.40 Å². The molecule has 17 heavy (non-hydrogen) atoms. The molecule has 0 radical (unpaired) electrons. The lowest BCUT2D eigenvalue weighted by molar-refractivity contribution is 0.0691. The van der Waals surface area contributed by atoms with Gasteiger partial charge in [-0.25, -0.2) is 14.8 Å². The third kappa shape index (κ3) is 2.62. The standard InChI is InChI=1S/C8H7N4O4P/c13-7(14)6-4-12-3-5(2-10-17(15)16)1-9-8(12)11-6/h1,3-4H,2H2,(H2-,10,13,14,15,16)/p+1. The fraction of sp³-hybridized carbons (Fsp3) is 0.125. The average Bonchev–Trinajstić information content (AvgIpc) is 2.69. The van der Waals surface area contributed by atoms with E-state index < -0.39 is 14.1 Å². The third-order valence-corrected chi connectivity index (χ3v) is 2.43. The van der Waals surface area contributed by atoms with Gasteiger partial charge >= 0.3 is 14.1 Å². The van der Waals surface area contributed by atoms with Crippen LogP contribution in [0.4, 0.5) is 0 Å². The van der Waals surface area contributed by atoms with Gasteiger partial charge in [-0.2, -0.15) is 0 Å². The van der Waals surface area contributed by atoms with Gasteiger partial charge in [0, 0.05) is 24.2 Å². The van der Waals surface area contributed by atoms with Gasteiger partial charge in [-0.1, -0.05) is 5.09 Å². The Morgan fingerprint density at radius 3 is 2.94 bits per heavy atom. The molecule has 0 fully saturated rings. The van der Waals surface area contributed by atoms with Gasteiger partial charge in [-0.05, 0) is 4.57 Å². The number of fused-ring (bicyclic) bond motifs is 1. The number of carboxylic acid groups (broad SMARTS) is 1. The smallest absolute Gasteiger partial charge is 0.476 e. The van der Waals surface area contributed by atoms with Crippen LogP contribution in [0.2, 0.25) is 0 Å². The number of nitrogens with zero attached hydrogens (tertiary/aromatic N) is 3. The van der Waals surface area contributed by atoms with Crippen LogP contribution in [0.25, 0.3) is 5.78 Å². The number of aromatic nitrogens is 3. The molecular weight excluding hydrogens is 247 g/mol. The molecule has 9 heteroatoms. The highest BCUT2D eigenvalue weighted by atomic mass is 31.1. The molecule has 2 aromatic rings. The van der Waals surface area contributed by atoms with Crippen LogP contribution in [0.15, 0.2) is 18.6 Å². The molecule has 0 aromatic carbocycles. The van der Waals surface area contributed by atoms with E-state index in [-0.39, 0.29) is 18.0 Å². The molecule has 0 saturated heterocycles. The molecule has 0 aliphatic carbocycles. The monoisotopic (exact) mass is 255 g/mol. The Balaban J connectivity index is 2.30. The van der Waals surface area contributed by atoms with Gasteiger partial charge in [0.15, 0.2) is 5.69 Å². The Morgan fingerprint density at radius 1 is 1.53 bits per heavy atom. The van der Waals surface area contributed by atoms with E-state index >= 15 is 0 Å². The molecule has 2 rings (SSSR count). The Morgan fingerprint density at radius 2 is 2.29 bits per heavy atom. The predicted octanol–water partition coefficient (Wildman–Crippen LogP) is 0.167. The minimum absolute atomic E-state index is 0.101.